The molecule has 0 rings (SSSR count). The molecule has 6 nitrogen and oxygen atoms in total. The lowest BCUT2D eigenvalue weighted by molar-refractivity contribution is -0.143. The molecule has 0 heterocycles. The van der Waals surface area contributed by atoms with Gasteiger partial charge in [0.05, 0.1) is 25.4 Å². The van der Waals surface area contributed by atoms with Gasteiger partial charge >= 0.3 is 5.97 Å². The summed E-state index contributed by atoms with van der Waals surface area (Å²) in [4.78, 5) is 24.5. The van der Waals surface area contributed by atoms with Crippen molar-refractivity contribution in [1.82, 2.24) is 5.32 Å². The Balaban J connectivity index is 3.50. The second-order valence-electron chi connectivity index (χ2n) is 18.2. The van der Waals surface area contributed by atoms with Crippen molar-refractivity contribution >= 4 is 11.9 Å². The van der Waals surface area contributed by atoms with Crippen LogP contribution in [-0.4, -0.2) is 47.4 Å². The Morgan fingerprint density at radius 3 is 1.30 bits per heavy atom. The Hall–Kier alpha value is -1.92. The molecule has 0 aromatic carbocycles. The van der Waals surface area contributed by atoms with E-state index in [1.54, 1.807) is 0 Å². The number of carbonyl (C=O) groups excluding carboxylic acids is 2. The van der Waals surface area contributed by atoms with Gasteiger partial charge in [-0.1, -0.05) is 217 Å². The minimum absolute atomic E-state index is 0.0352. The number of aliphatic hydroxyl groups is 2. The molecule has 2 atom stereocenters. The summed E-state index contributed by atoms with van der Waals surface area (Å²) < 4.78 is 5.45. The van der Waals surface area contributed by atoms with E-state index in [0.717, 1.165) is 89.9 Å². The monoisotopic (exact) mass is 858 g/mol. The fourth-order valence-electron chi connectivity index (χ4n) is 8.02. The number of unbranched alkanes of at least 4 members (excludes halogenated alkanes) is 32. The summed E-state index contributed by atoms with van der Waals surface area (Å²) in [6, 6.07) is -0.563. The third kappa shape index (κ3) is 47.4. The van der Waals surface area contributed by atoms with Crippen molar-refractivity contribution in [1.29, 1.82) is 0 Å². The van der Waals surface area contributed by atoms with E-state index in [-0.39, 0.29) is 18.5 Å². The highest BCUT2D eigenvalue weighted by Crippen LogP contribution is 2.16. The lowest BCUT2D eigenvalue weighted by Gasteiger charge is -2.22. The highest BCUT2D eigenvalue weighted by Gasteiger charge is 2.20. The largest absolute Gasteiger partial charge is 0.466 e. The first-order chi connectivity index (χ1) is 30.0. The van der Waals surface area contributed by atoms with Crippen molar-refractivity contribution in [3.63, 3.8) is 0 Å². The topological polar surface area (TPSA) is 95.9 Å². The molecule has 0 bridgehead atoms. The van der Waals surface area contributed by atoms with E-state index in [9.17, 15) is 19.8 Å². The fourth-order valence-corrected chi connectivity index (χ4v) is 8.02. The number of ether oxygens (including phenoxy) is 1. The Bertz CT molecular complexity index is 993. The van der Waals surface area contributed by atoms with E-state index in [2.05, 4.69) is 55.6 Å². The summed E-state index contributed by atoms with van der Waals surface area (Å²) in [7, 11) is 0. The third-order valence-electron chi connectivity index (χ3n) is 12.2. The summed E-state index contributed by atoms with van der Waals surface area (Å²) in [6.45, 7) is 4.85. The number of aliphatic hydroxyl groups excluding tert-OH is 2. The molecule has 61 heavy (non-hydrogen) atoms. The molecule has 0 aromatic rings. The number of rotatable bonds is 49. The molecular weight excluding hydrogens is 755 g/mol. The zero-order chi connectivity index (χ0) is 44.4. The highest BCUT2D eigenvalue weighted by atomic mass is 16.5. The molecule has 0 radical (unpaired) electrons. The molecule has 0 saturated heterocycles. The van der Waals surface area contributed by atoms with Crippen molar-refractivity contribution in [2.24, 2.45) is 0 Å². The van der Waals surface area contributed by atoms with Gasteiger partial charge in [0.25, 0.3) is 0 Å². The molecule has 3 N–H and O–H groups in total. The molecule has 0 aromatic heterocycles. The van der Waals surface area contributed by atoms with Gasteiger partial charge in [0.2, 0.25) is 5.91 Å². The molecule has 0 fully saturated rings. The standard InChI is InChI=1S/C55H103NO5/c1-3-5-7-9-11-13-15-17-19-20-21-22-23-25-29-33-37-41-45-49-55(60)61-50-46-42-38-34-30-26-28-32-36-40-44-48-54(59)56-52(51-57)53(58)47-43-39-35-31-27-24-18-16-14-12-10-8-6-4-2/h11,13,17,19,30,34,52-53,57-58H,3-10,12,14-16,18,20-29,31-33,35-51H2,1-2H3,(H,56,59)/b13-11-,19-17-,34-30-. The summed E-state index contributed by atoms with van der Waals surface area (Å²) in [6.07, 6.45) is 61.2. The third-order valence-corrected chi connectivity index (χ3v) is 12.2. The van der Waals surface area contributed by atoms with E-state index in [4.69, 9.17) is 4.74 Å². The smallest absolute Gasteiger partial charge is 0.305 e. The second kappa shape index (κ2) is 50.7. The minimum Gasteiger partial charge on any atom is -0.466 e. The normalized spacial score (nSPS) is 12.9. The van der Waals surface area contributed by atoms with Crippen molar-refractivity contribution in [3.8, 4) is 0 Å². The first-order valence-corrected chi connectivity index (χ1v) is 26.7. The van der Waals surface area contributed by atoms with Crippen LogP contribution in [0.2, 0.25) is 0 Å². The van der Waals surface area contributed by atoms with Crippen LogP contribution < -0.4 is 5.32 Å². The van der Waals surface area contributed by atoms with E-state index >= 15 is 0 Å². The van der Waals surface area contributed by atoms with Crippen LogP contribution in [0.15, 0.2) is 36.5 Å². The van der Waals surface area contributed by atoms with Crippen molar-refractivity contribution in [3.05, 3.63) is 36.5 Å². The lowest BCUT2D eigenvalue weighted by atomic mass is 10.0. The number of hydrogen-bond acceptors (Lipinski definition) is 5. The van der Waals surface area contributed by atoms with Crippen LogP contribution in [0, 0.1) is 0 Å². The van der Waals surface area contributed by atoms with Gasteiger partial charge in [-0.3, -0.25) is 9.59 Å². The number of allylic oxidation sites excluding steroid dienone is 6. The van der Waals surface area contributed by atoms with Crippen LogP contribution in [-0.2, 0) is 14.3 Å². The van der Waals surface area contributed by atoms with E-state index < -0.39 is 12.1 Å². The summed E-state index contributed by atoms with van der Waals surface area (Å²) in [5, 5.41) is 23.2. The number of esters is 1. The van der Waals surface area contributed by atoms with Crippen molar-refractivity contribution in [2.75, 3.05) is 13.2 Å². The minimum atomic E-state index is -0.683. The first kappa shape index (κ1) is 59.1. The van der Waals surface area contributed by atoms with Crippen LogP contribution in [0.25, 0.3) is 0 Å². The number of hydrogen-bond donors (Lipinski definition) is 3. The number of amides is 1. The zero-order valence-electron chi connectivity index (χ0n) is 40.6. The van der Waals surface area contributed by atoms with Gasteiger partial charge in [-0.2, -0.15) is 0 Å². The van der Waals surface area contributed by atoms with Gasteiger partial charge in [-0.15, -0.1) is 0 Å². The Labute approximate surface area is 379 Å². The van der Waals surface area contributed by atoms with Gasteiger partial charge in [-0.05, 0) is 83.5 Å². The average Bonchev–Trinajstić information content (AvgIpc) is 3.26. The summed E-state index contributed by atoms with van der Waals surface area (Å²) in [5.74, 6) is -0.0998. The molecule has 0 aliphatic rings. The number of carbonyl (C=O) groups is 2. The van der Waals surface area contributed by atoms with Gasteiger partial charge in [-0.25, -0.2) is 0 Å². The SMILES string of the molecule is CCCCC/C=C\C/C=C\CCCCCCCCCCCC(=O)OCCCC/C=C\CCCCCCCC(=O)NC(CO)C(O)CCCCCCCCCCCCCCCC. The summed E-state index contributed by atoms with van der Waals surface area (Å²) >= 11 is 0. The van der Waals surface area contributed by atoms with E-state index in [1.165, 1.54) is 154 Å². The Morgan fingerprint density at radius 1 is 0.459 bits per heavy atom. The maximum absolute atomic E-state index is 12.4. The average molecular weight is 858 g/mol. The Morgan fingerprint density at radius 2 is 0.820 bits per heavy atom. The maximum Gasteiger partial charge on any atom is 0.305 e. The van der Waals surface area contributed by atoms with Crippen molar-refractivity contribution < 1.29 is 24.5 Å². The van der Waals surface area contributed by atoms with Crippen LogP contribution >= 0.6 is 0 Å². The fraction of sp³-hybridized carbons (Fsp3) is 0.855. The van der Waals surface area contributed by atoms with E-state index in [1.807, 2.05) is 0 Å². The molecule has 6 heteroatoms. The summed E-state index contributed by atoms with van der Waals surface area (Å²) in [5.41, 5.74) is 0. The number of nitrogens with one attached hydrogen (secondary N) is 1. The molecular formula is C55H103NO5. The molecule has 0 aliphatic heterocycles. The zero-order valence-corrected chi connectivity index (χ0v) is 40.6. The van der Waals surface area contributed by atoms with Crippen LogP contribution in [0.5, 0.6) is 0 Å². The molecule has 2 unspecified atom stereocenters. The van der Waals surface area contributed by atoms with Gasteiger partial charge < -0.3 is 20.3 Å². The van der Waals surface area contributed by atoms with Crippen LogP contribution in [0.4, 0.5) is 0 Å². The van der Waals surface area contributed by atoms with Crippen LogP contribution in [0.3, 0.4) is 0 Å². The van der Waals surface area contributed by atoms with Crippen molar-refractivity contribution in [2.45, 2.75) is 289 Å². The maximum atomic E-state index is 12.4. The van der Waals surface area contributed by atoms with Crippen LogP contribution in [0.1, 0.15) is 277 Å². The predicted molar refractivity (Wildman–Crippen MR) is 264 cm³/mol. The molecule has 0 spiro atoms. The van der Waals surface area contributed by atoms with Gasteiger partial charge in [0, 0.05) is 12.8 Å². The van der Waals surface area contributed by atoms with Gasteiger partial charge in [0.1, 0.15) is 0 Å². The molecule has 0 aliphatic carbocycles. The first-order valence-electron chi connectivity index (χ1n) is 26.7. The van der Waals surface area contributed by atoms with Gasteiger partial charge in [0.15, 0.2) is 0 Å². The molecule has 358 valence electrons. The quantitative estimate of drug-likeness (QED) is 0.0322. The highest BCUT2D eigenvalue weighted by molar-refractivity contribution is 5.76. The Kier molecular flexibility index (Phi) is 49.1. The predicted octanol–water partition coefficient (Wildman–Crippen LogP) is 16.1. The lowest BCUT2D eigenvalue weighted by Crippen LogP contribution is -2.45. The molecule has 1 amide bonds. The van der Waals surface area contributed by atoms with E-state index in [0.29, 0.717) is 25.9 Å². The second-order valence-corrected chi connectivity index (χ2v) is 18.2. The molecule has 0 saturated carbocycles.